The molecule has 2 N–H and O–H groups in total. The van der Waals surface area contributed by atoms with Crippen molar-refractivity contribution in [2.75, 3.05) is 32.7 Å². The van der Waals surface area contributed by atoms with Crippen molar-refractivity contribution in [1.82, 2.24) is 25.1 Å². The Morgan fingerprint density at radius 3 is 2.63 bits per heavy atom. The molecular weight excluding hydrogens is 238 g/mol. The van der Waals surface area contributed by atoms with E-state index in [1.165, 1.54) is 11.4 Å². The van der Waals surface area contributed by atoms with Crippen LogP contribution in [0.1, 0.15) is 38.2 Å². The highest BCUT2D eigenvalue weighted by Gasteiger charge is 2.32. The summed E-state index contributed by atoms with van der Waals surface area (Å²) in [6, 6.07) is 0.442. The number of aromatic amines is 1. The quantitative estimate of drug-likeness (QED) is 0.792. The minimum Gasteiger partial charge on any atom is -0.347 e. The lowest BCUT2D eigenvalue weighted by molar-refractivity contribution is 0.0389. The maximum atomic E-state index is 4.53. The van der Waals surface area contributed by atoms with E-state index < -0.39 is 0 Å². The van der Waals surface area contributed by atoms with Gasteiger partial charge in [0.25, 0.3) is 0 Å². The van der Waals surface area contributed by atoms with Gasteiger partial charge in [-0.05, 0) is 20.8 Å². The van der Waals surface area contributed by atoms with E-state index in [9.17, 15) is 0 Å². The fraction of sp³-hybridized carbons (Fsp3) is 0.786. The summed E-state index contributed by atoms with van der Waals surface area (Å²) in [5, 5.41) is 3.49. The van der Waals surface area contributed by atoms with Gasteiger partial charge in [-0.3, -0.25) is 9.80 Å². The molecule has 1 fully saturated rings. The summed E-state index contributed by atoms with van der Waals surface area (Å²) >= 11 is 0. The summed E-state index contributed by atoms with van der Waals surface area (Å²) in [4.78, 5) is 12.9. The van der Waals surface area contributed by atoms with E-state index in [4.69, 9.17) is 0 Å². The second-order valence-corrected chi connectivity index (χ2v) is 6.61. The number of H-pyrrole nitrogens is 1. The van der Waals surface area contributed by atoms with Crippen molar-refractivity contribution in [2.45, 2.75) is 38.9 Å². The van der Waals surface area contributed by atoms with Crippen molar-refractivity contribution in [3.63, 3.8) is 0 Å². The van der Waals surface area contributed by atoms with Gasteiger partial charge >= 0.3 is 0 Å². The minimum absolute atomic E-state index is 0.286. The van der Waals surface area contributed by atoms with Gasteiger partial charge in [0.05, 0.1) is 23.8 Å². The molecule has 3 rings (SSSR count). The van der Waals surface area contributed by atoms with Gasteiger partial charge in [-0.25, -0.2) is 4.98 Å². The van der Waals surface area contributed by atoms with Crippen LogP contribution in [0.3, 0.4) is 0 Å². The maximum absolute atomic E-state index is 4.53. The predicted octanol–water partition coefficient (Wildman–Crippen LogP) is 0.970. The number of nitrogens with zero attached hydrogens (tertiary/aromatic N) is 3. The third-order valence-corrected chi connectivity index (χ3v) is 4.41. The number of rotatable bonds is 1. The van der Waals surface area contributed by atoms with Crippen LogP contribution in [0.15, 0.2) is 6.33 Å². The van der Waals surface area contributed by atoms with Crippen molar-refractivity contribution in [2.24, 2.45) is 0 Å². The third-order valence-electron chi connectivity index (χ3n) is 4.41. The lowest BCUT2D eigenvalue weighted by Gasteiger charge is -2.45. The van der Waals surface area contributed by atoms with E-state index in [-0.39, 0.29) is 5.54 Å². The second-order valence-electron chi connectivity index (χ2n) is 6.61. The molecule has 5 nitrogen and oxygen atoms in total. The summed E-state index contributed by atoms with van der Waals surface area (Å²) < 4.78 is 0. The zero-order valence-corrected chi connectivity index (χ0v) is 12.2. The molecule has 0 aromatic carbocycles. The van der Waals surface area contributed by atoms with Crippen LogP contribution in [0, 0.1) is 0 Å². The summed E-state index contributed by atoms with van der Waals surface area (Å²) in [5.74, 6) is 0. The highest BCUT2D eigenvalue weighted by molar-refractivity contribution is 5.19. The standard InChI is InChI=1S/C14H25N5/c1-14(2,3)19-6-4-18(5-7-19)12-9-15-8-11-13(12)17-10-16-11/h10,12,15H,4-9H2,1-3H3,(H,16,17). The van der Waals surface area contributed by atoms with Gasteiger partial charge in [-0.1, -0.05) is 0 Å². The highest BCUT2D eigenvalue weighted by Crippen LogP contribution is 2.26. The summed E-state index contributed by atoms with van der Waals surface area (Å²) in [6.07, 6.45) is 1.83. The molecular formula is C14H25N5. The van der Waals surface area contributed by atoms with E-state index in [0.29, 0.717) is 6.04 Å². The number of piperazine rings is 1. The van der Waals surface area contributed by atoms with E-state index in [1.807, 2.05) is 6.33 Å². The molecule has 3 heterocycles. The first-order valence-corrected chi connectivity index (χ1v) is 7.27. The van der Waals surface area contributed by atoms with Crippen LogP contribution in [0.4, 0.5) is 0 Å². The van der Waals surface area contributed by atoms with Gasteiger partial charge < -0.3 is 10.3 Å². The normalized spacial score (nSPS) is 26.4. The van der Waals surface area contributed by atoms with Gasteiger partial charge in [-0.15, -0.1) is 0 Å². The van der Waals surface area contributed by atoms with Gasteiger partial charge in [-0.2, -0.15) is 0 Å². The number of hydrogen-bond donors (Lipinski definition) is 2. The Balaban J connectivity index is 1.67. The van der Waals surface area contributed by atoms with Crippen molar-refractivity contribution in [3.8, 4) is 0 Å². The Morgan fingerprint density at radius 1 is 1.21 bits per heavy atom. The molecule has 5 heteroatoms. The van der Waals surface area contributed by atoms with Gasteiger partial charge in [0.1, 0.15) is 0 Å². The Hall–Kier alpha value is -0.910. The second kappa shape index (κ2) is 4.89. The smallest absolute Gasteiger partial charge is 0.0926 e. The van der Waals surface area contributed by atoms with Crippen molar-refractivity contribution >= 4 is 0 Å². The first-order valence-electron chi connectivity index (χ1n) is 7.27. The number of fused-ring (bicyclic) bond motifs is 1. The molecule has 0 amide bonds. The molecule has 0 saturated carbocycles. The molecule has 1 unspecified atom stereocenters. The van der Waals surface area contributed by atoms with Gasteiger partial charge in [0, 0.05) is 44.8 Å². The van der Waals surface area contributed by atoms with Crippen molar-refractivity contribution in [3.05, 3.63) is 17.7 Å². The summed E-state index contributed by atoms with van der Waals surface area (Å²) in [6.45, 7) is 13.4. The van der Waals surface area contributed by atoms with E-state index in [2.05, 4.69) is 45.9 Å². The molecule has 2 aliphatic heterocycles. The molecule has 0 radical (unpaired) electrons. The van der Waals surface area contributed by atoms with Crippen LogP contribution in [0.5, 0.6) is 0 Å². The van der Waals surface area contributed by atoms with Crippen LogP contribution < -0.4 is 5.32 Å². The van der Waals surface area contributed by atoms with E-state index in [1.54, 1.807) is 0 Å². The fourth-order valence-corrected chi connectivity index (χ4v) is 3.20. The van der Waals surface area contributed by atoms with Crippen LogP contribution in [0.2, 0.25) is 0 Å². The number of nitrogens with one attached hydrogen (secondary N) is 2. The molecule has 1 aromatic heterocycles. The van der Waals surface area contributed by atoms with Gasteiger partial charge in [0.2, 0.25) is 0 Å². The predicted molar refractivity (Wildman–Crippen MR) is 75.9 cm³/mol. The Bertz CT molecular complexity index is 425. The zero-order valence-electron chi connectivity index (χ0n) is 12.2. The Labute approximate surface area is 115 Å². The average Bonchev–Trinajstić information content (AvgIpc) is 2.86. The molecule has 0 spiro atoms. The molecule has 106 valence electrons. The van der Waals surface area contributed by atoms with Crippen molar-refractivity contribution in [1.29, 1.82) is 0 Å². The summed E-state index contributed by atoms with van der Waals surface area (Å²) in [7, 11) is 0. The topological polar surface area (TPSA) is 47.2 Å². The number of hydrogen-bond acceptors (Lipinski definition) is 4. The zero-order chi connectivity index (χ0) is 13.5. The third kappa shape index (κ3) is 2.55. The molecule has 19 heavy (non-hydrogen) atoms. The molecule has 0 aliphatic carbocycles. The first-order chi connectivity index (χ1) is 9.05. The Morgan fingerprint density at radius 2 is 1.95 bits per heavy atom. The van der Waals surface area contributed by atoms with Crippen LogP contribution in [-0.2, 0) is 6.54 Å². The summed E-state index contributed by atoms with van der Waals surface area (Å²) in [5.41, 5.74) is 2.80. The number of aromatic nitrogens is 2. The molecule has 1 atom stereocenters. The molecule has 1 saturated heterocycles. The van der Waals surface area contributed by atoms with Crippen molar-refractivity contribution < 1.29 is 0 Å². The highest BCUT2D eigenvalue weighted by atomic mass is 15.3. The Kier molecular flexibility index (Phi) is 3.37. The fourth-order valence-electron chi connectivity index (χ4n) is 3.20. The van der Waals surface area contributed by atoms with E-state index >= 15 is 0 Å². The monoisotopic (exact) mass is 263 g/mol. The largest absolute Gasteiger partial charge is 0.347 e. The lowest BCUT2D eigenvalue weighted by Crippen LogP contribution is -2.55. The maximum Gasteiger partial charge on any atom is 0.0926 e. The van der Waals surface area contributed by atoms with Crippen LogP contribution >= 0.6 is 0 Å². The minimum atomic E-state index is 0.286. The van der Waals surface area contributed by atoms with E-state index in [0.717, 1.165) is 39.3 Å². The van der Waals surface area contributed by atoms with Crippen LogP contribution in [0.25, 0.3) is 0 Å². The first kappa shape index (κ1) is 13.1. The molecule has 1 aromatic rings. The average molecular weight is 263 g/mol. The number of imidazole rings is 1. The SMILES string of the molecule is CC(C)(C)N1CCN(C2CNCc3[nH]cnc32)CC1. The molecule has 0 bridgehead atoms. The lowest BCUT2D eigenvalue weighted by atomic mass is 10.0. The van der Waals surface area contributed by atoms with Crippen LogP contribution in [-0.4, -0.2) is 58.0 Å². The van der Waals surface area contributed by atoms with Gasteiger partial charge in [0.15, 0.2) is 0 Å². The molecule has 2 aliphatic rings.